The highest BCUT2D eigenvalue weighted by Crippen LogP contribution is 2.38. The highest BCUT2D eigenvalue weighted by molar-refractivity contribution is 7.90. The Morgan fingerprint density at radius 1 is 1.06 bits per heavy atom. The molecule has 0 amide bonds. The maximum atomic E-state index is 11.3. The van der Waals surface area contributed by atoms with E-state index in [2.05, 4.69) is 19.9 Å². The number of thiophene rings is 1. The average molecular weight is 473 g/mol. The minimum atomic E-state index is -3.12. The van der Waals surface area contributed by atoms with Gasteiger partial charge >= 0.3 is 6.01 Å². The second-order valence-electron chi connectivity index (χ2n) is 6.93. The summed E-state index contributed by atoms with van der Waals surface area (Å²) in [5.41, 5.74) is 12.9. The summed E-state index contributed by atoms with van der Waals surface area (Å²) in [5, 5.41) is 0.839. The Kier molecular flexibility index (Phi) is 6.06. The molecule has 10 nitrogen and oxygen atoms in total. The van der Waals surface area contributed by atoms with Gasteiger partial charge in [-0.1, -0.05) is 12.1 Å². The van der Waals surface area contributed by atoms with E-state index < -0.39 is 9.84 Å². The molecule has 3 aromatic heterocycles. The molecular formula is C20H20N6O4S2. The molecule has 4 aromatic rings. The molecule has 166 valence electrons. The van der Waals surface area contributed by atoms with Gasteiger partial charge in [-0.15, -0.1) is 11.3 Å². The van der Waals surface area contributed by atoms with Crippen molar-refractivity contribution in [1.29, 1.82) is 0 Å². The summed E-state index contributed by atoms with van der Waals surface area (Å²) in [6.07, 6.45) is 4.34. The number of para-hydroxylation sites is 1. The molecule has 0 saturated carbocycles. The van der Waals surface area contributed by atoms with Crippen molar-refractivity contribution in [3.8, 4) is 22.2 Å². The number of nitrogens with zero attached hydrogens (tertiary/aromatic N) is 4. The van der Waals surface area contributed by atoms with Crippen LogP contribution in [-0.2, 0) is 16.4 Å². The second kappa shape index (κ2) is 8.93. The molecule has 0 bridgehead atoms. The van der Waals surface area contributed by atoms with Crippen molar-refractivity contribution in [3.63, 3.8) is 0 Å². The van der Waals surface area contributed by atoms with Crippen LogP contribution in [0, 0.1) is 0 Å². The van der Waals surface area contributed by atoms with E-state index in [9.17, 15) is 8.42 Å². The lowest BCUT2D eigenvalue weighted by atomic mass is 10.1. The van der Waals surface area contributed by atoms with E-state index in [0.29, 0.717) is 11.3 Å². The summed E-state index contributed by atoms with van der Waals surface area (Å²) in [4.78, 5) is 18.1. The Hall–Kier alpha value is -3.51. The smallest absolute Gasteiger partial charge is 0.317 e. The molecule has 0 saturated heterocycles. The largest absolute Gasteiger partial charge is 0.488 e. The van der Waals surface area contributed by atoms with Gasteiger partial charge in [-0.3, -0.25) is 0 Å². The number of nitrogens with two attached hydrogens (primary N) is 2. The Morgan fingerprint density at radius 3 is 2.66 bits per heavy atom. The molecule has 3 heterocycles. The molecule has 0 spiro atoms. The maximum Gasteiger partial charge on any atom is 0.317 e. The first kappa shape index (κ1) is 21.7. The van der Waals surface area contributed by atoms with Gasteiger partial charge in [0.05, 0.1) is 11.3 Å². The molecule has 0 atom stereocenters. The van der Waals surface area contributed by atoms with E-state index in [0.717, 1.165) is 26.9 Å². The molecule has 4 N–H and O–H groups in total. The number of ether oxygens (including phenoxy) is 2. The van der Waals surface area contributed by atoms with Crippen LogP contribution in [0.5, 0.6) is 11.8 Å². The zero-order valence-corrected chi connectivity index (χ0v) is 18.7. The lowest BCUT2D eigenvalue weighted by Gasteiger charge is -2.11. The van der Waals surface area contributed by atoms with Crippen LogP contribution < -0.4 is 20.9 Å². The fraction of sp³-hybridized carbons (Fsp3) is 0.200. The quantitative estimate of drug-likeness (QED) is 0.390. The molecule has 12 heteroatoms. The third-order valence-electron chi connectivity index (χ3n) is 4.39. The van der Waals surface area contributed by atoms with Gasteiger partial charge in [0, 0.05) is 34.5 Å². The van der Waals surface area contributed by atoms with Crippen molar-refractivity contribution in [3.05, 3.63) is 48.3 Å². The van der Waals surface area contributed by atoms with Crippen LogP contribution in [0.3, 0.4) is 0 Å². The molecule has 0 radical (unpaired) electrons. The molecular weight excluding hydrogens is 452 g/mol. The monoisotopic (exact) mass is 472 g/mol. The average Bonchev–Trinajstić information content (AvgIpc) is 3.16. The SMILES string of the molecule is CS(=O)(=O)CCOc1ncc2cc(-c3ccccc3OCc3cnc(N)nc3N)sc2n1. The van der Waals surface area contributed by atoms with E-state index in [1.807, 2.05) is 30.3 Å². The Balaban J connectivity index is 1.55. The molecule has 4 rings (SSSR count). The van der Waals surface area contributed by atoms with Crippen LogP contribution in [0.2, 0.25) is 0 Å². The summed E-state index contributed by atoms with van der Waals surface area (Å²) < 4.78 is 33.9. The fourth-order valence-corrected chi connectivity index (χ4v) is 4.21. The summed E-state index contributed by atoms with van der Waals surface area (Å²) in [6, 6.07) is 9.70. The summed E-state index contributed by atoms with van der Waals surface area (Å²) in [7, 11) is -3.12. The third kappa shape index (κ3) is 5.21. The van der Waals surface area contributed by atoms with Crippen LogP contribution in [0.4, 0.5) is 11.8 Å². The molecule has 0 aliphatic carbocycles. The summed E-state index contributed by atoms with van der Waals surface area (Å²) in [6.45, 7) is 0.184. The molecule has 0 aliphatic rings. The zero-order valence-electron chi connectivity index (χ0n) is 17.1. The number of hydrogen-bond donors (Lipinski definition) is 2. The van der Waals surface area contributed by atoms with E-state index in [-0.39, 0.29) is 36.7 Å². The van der Waals surface area contributed by atoms with Crippen molar-refractivity contribution in [2.24, 2.45) is 0 Å². The van der Waals surface area contributed by atoms with E-state index >= 15 is 0 Å². The number of fused-ring (bicyclic) bond motifs is 1. The van der Waals surface area contributed by atoms with E-state index in [1.165, 1.54) is 11.3 Å². The number of sulfone groups is 1. The van der Waals surface area contributed by atoms with Gasteiger partial charge in [-0.25, -0.2) is 18.4 Å². The van der Waals surface area contributed by atoms with Crippen LogP contribution >= 0.6 is 11.3 Å². The molecule has 0 aliphatic heterocycles. The normalized spacial score (nSPS) is 11.5. The number of benzene rings is 1. The number of anilines is 2. The Morgan fingerprint density at radius 2 is 1.88 bits per heavy atom. The lowest BCUT2D eigenvalue weighted by molar-refractivity contribution is 0.307. The van der Waals surface area contributed by atoms with Crippen LogP contribution in [-0.4, -0.2) is 47.0 Å². The first-order valence-corrected chi connectivity index (χ1v) is 12.3. The van der Waals surface area contributed by atoms with Crippen molar-refractivity contribution < 1.29 is 17.9 Å². The summed E-state index contributed by atoms with van der Waals surface area (Å²) in [5.74, 6) is 0.944. The number of nitrogen functional groups attached to an aromatic ring is 2. The van der Waals surface area contributed by atoms with Crippen molar-refractivity contribution in [2.75, 3.05) is 30.1 Å². The van der Waals surface area contributed by atoms with Crippen molar-refractivity contribution >= 4 is 43.2 Å². The van der Waals surface area contributed by atoms with Gasteiger partial charge in [0.2, 0.25) is 5.95 Å². The zero-order chi connectivity index (χ0) is 22.7. The number of aromatic nitrogens is 4. The van der Waals surface area contributed by atoms with Crippen LogP contribution in [0.25, 0.3) is 20.7 Å². The highest BCUT2D eigenvalue weighted by Gasteiger charge is 2.13. The Bertz CT molecular complexity index is 1370. The molecule has 0 unspecified atom stereocenters. The maximum absolute atomic E-state index is 11.3. The lowest BCUT2D eigenvalue weighted by Crippen LogP contribution is -2.13. The van der Waals surface area contributed by atoms with Gasteiger partial charge in [-0.05, 0) is 18.2 Å². The van der Waals surface area contributed by atoms with E-state index in [4.69, 9.17) is 20.9 Å². The molecule has 32 heavy (non-hydrogen) atoms. The first-order chi connectivity index (χ1) is 15.3. The second-order valence-corrected chi connectivity index (χ2v) is 10.2. The topological polar surface area (TPSA) is 156 Å². The first-order valence-electron chi connectivity index (χ1n) is 9.45. The summed E-state index contributed by atoms with van der Waals surface area (Å²) >= 11 is 1.45. The van der Waals surface area contributed by atoms with Gasteiger partial charge < -0.3 is 20.9 Å². The predicted molar refractivity (Wildman–Crippen MR) is 123 cm³/mol. The van der Waals surface area contributed by atoms with Gasteiger partial charge in [0.1, 0.15) is 29.6 Å². The molecule has 1 aromatic carbocycles. The van der Waals surface area contributed by atoms with Gasteiger partial charge in [0.25, 0.3) is 0 Å². The molecule has 0 fully saturated rings. The van der Waals surface area contributed by atoms with Crippen molar-refractivity contribution in [2.45, 2.75) is 6.61 Å². The number of hydrogen-bond acceptors (Lipinski definition) is 11. The minimum absolute atomic E-state index is 0.00275. The Labute approximate surface area is 188 Å². The standard InChI is InChI=1S/C20H20N6O4S2/c1-32(27,28)7-6-29-20-24-9-12-8-16(31-18(12)26-20)14-4-2-3-5-15(14)30-11-13-10-23-19(22)25-17(13)21/h2-5,8-10H,6-7,11H2,1H3,(H4,21,22,23,25). The van der Waals surface area contributed by atoms with Crippen molar-refractivity contribution in [1.82, 2.24) is 19.9 Å². The minimum Gasteiger partial charge on any atom is -0.488 e. The van der Waals surface area contributed by atoms with Crippen LogP contribution in [0.1, 0.15) is 5.56 Å². The highest BCUT2D eigenvalue weighted by atomic mass is 32.2. The van der Waals surface area contributed by atoms with Crippen LogP contribution in [0.15, 0.2) is 42.7 Å². The fourth-order valence-electron chi connectivity index (χ4n) is 2.80. The predicted octanol–water partition coefficient (Wildman–Crippen LogP) is 2.32. The third-order valence-corrected chi connectivity index (χ3v) is 6.38. The van der Waals surface area contributed by atoms with Gasteiger partial charge in [0.15, 0.2) is 9.84 Å². The van der Waals surface area contributed by atoms with Gasteiger partial charge in [-0.2, -0.15) is 9.97 Å². The van der Waals surface area contributed by atoms with E-state index in [1.54, 1.807) is 12.4 Å². The number of rotatable bonds is 8.